The molecule has 0 rings (SSSR count). The summed E-state index contributed by atoms with van der Waals surface area (Å²) in [6.07, 6.45) is 6.85. The third-order valence-electron chi connectivity index (χ3n) is 2.66. The van der Waals surface area contributed by atoms with Gasteiger partial charge in [-0.2, -0.15) is 0 Å². The van der Waals surface area contributed by atoms with Gasteiger partial charge in [0.1, 0.15) is 0 Å². The topological polar surface area (TPSA) is 78.3 Å². The van der Waals surface area contributed by atoms with Gasteiger partial charge in [0.05, 0.1) is 12.1 Å². The highest BCUT2D eigenvalue weighted by molar-refractivity contribution is 5.79. The minimum Gasteiger partial charge on any atom is -0.378 e. The lowest BCUT2D eigenvalue weighted by Crippen LogP contribution is -2.37. The number of unbranched alkanes of at least 4 members (excludes halogenated alkanes) is 3. The fourth-order valence-electron chi connectivity index (χ4n) is 1.48. The molecule has 0 aliphatic heterocycles. The van der Waals surface area contributed by atoms with E-state index in [0.29, 0.717) is 13.0 Å². The Labute approximate surface area is 98.7 Å². The molecular weight excluding hydrogens is 204 g/mol. The van der Waals surface area contributed by atoms with Crippen LogP contribution in [0, 0.1) is 0 Å². The summed E-state index contributed by atoms with van der Waals surface area (Å²) in [5, 5.41) is 0. The van der Waals surface area contributed by atoms with E-state index in [9.17, 15) is 4.79 Å². The van der Waals surface area contributed by atoms with Crippen LogP contribution in [0.1, 0.15) is 52.4 Å². The van der Waals surface area contributed by atoms with Crippen LogP contribution in [0.4, 0.5) is 0 Å². The van der Waals surface area contributed by atoms with Crippen molar-refractivity contribution in [2.45, 2.75) is 64.5 Å². The Morgan fingerprint density at radius 3 is 2.50 bits per heavy atom. The van der Waals surface area contributed by atoms with Gasteiger partial charge in [0.15, 0.2) is 0 Å². The first kappa shape index (κ1) is 15.4. The number of carbonyl (C=O) groups is 1. The lowest BCUT2D eigenvalue weighted by atomic mass is 10.1. The van der Waals surface area contributed by atoms with Crippen molar-refractivity contribution >= 4 is 5.91 Å². The molecule has 0 fully saturated rings. The minimum absolute atomic E-state index is 0.247. The molecule has 0 saturated carbocycles. The van der Waals surface area contributed by atoms with Crippen molar-refractivity contribution in [2.24, 2.45) is 11.5 Å². The monoisotopic (exact) mass is 230 g/mol. The number of primary amides is 1. The molecule has 0 spiro atoms. The number of rotatable bonds is 10. The van der Waals surface area contributed by atoms with Crippen molar-refractivity contribution in [2.75, 3.05) is 6.61 Å². The Morgan fingerprint density at radius 2 is 1.94 bits per heavy atom. The number of carbonyl (C=O) groups excluding carboxylic acids is 1. The Kier molecular flexibility index (Phi) is 9.24. The number of ether oxygens (including phenoxy) is 1. The summed E-state index contributed by atoms with van der Waals surface area (Å²) in [6, 6.07) is -0.577. The van der Waals surface area contributed by atoms with E-state index in [2.05, 4.69) is 13.8 Å². The maximum Gasteiger partial charge on any atom is 0.234 e. The van der Waals surface area contributed by atoms with Crippen LogP contribution < -0.4 is 11.5 Å². The normalized spacial score (nSPS) is 14.7. The van der Waals surface area contributed by atoms with E-state index in [4.69, 9.17) is 16.2 Å². The molecule has 0 bridgehead atoms. The van der Waals surface area contributed by atoms with Gasteiger partial charge in [-0.3, -0.25) is 4.79 Å². The largest absolute Gasteiger partial charge is 0.378 e. The summed E-state index contributed by atoms with van der Waals surface area (Å²) in [7, 11) is 0. The van der Waals surface area contributed by atoms with Crippen molar-refractivity contribution in [3.8, 4) is 0 Å². The van der Waals surface area contributed by atoms with E-state index in [-0.39, 0.29) is 6.10 Å². The van der Waals surface area contributed by atoms with Gasteiger partial charge in [0, 0.05) is 6.61 Å². The molecule has 0 aromatic carbocycles. The van der Waals surface area contributed by atoms with Crippen LogP contribution in [0.3, 0.4) is 0 Å². The van der Waals surface area contributed by atoms with Gasteiger partial charge >= 0.3 is 0 Å². The molecule has 0 aliphatic carbocycles. The van der Waals surface area contributed by atoms with Gasteiger partial charge in [-0.25, -0.2) is 0 Å². The van der Waals surface area contributed by atoms with Crippen molar-refractivity contribution in [1.29, 1.82) is 0 Å². The predicted molar refractivity (Wildman–Crippen MR) is 66.0 cm³/mol. The second-order valence-corrected chi connectivity index (χ2v) is 4.33. The average Bonchev–Trinajstić information content (AvgIpc) is 2.24. The first-order chi connectivity index (χ1) is 7.57. The minimum atomic E-state index is -0.577. The molecule has 4 nitrogen and oxygen atoms in total. The molecule has 0 saturated heterocycles. The zero-order chi connectivity index (χ0) is 12.4. The average molecular weight is 230 g/mol. The number of amides is 1. The van der Waals surface area contributed by atoms with Gasteiger partial charge < -0.3 is 16.2 Å². The van der Waals surface area contributed by atoms with Crippen LogP contribution in [0.2, 0.25) is 0 Å². The standard InChI is InChI=1S/C12H26N2O2/c1-3-4-5-6-7-10(2)16-9-8-11(13)12(14)15/h10-11H,3-9,13H2,1-2H3,(H2,14,15). The fourth-order valence-corrected chi connectivity index (χ4v) is 1.48. The van der Waals surface area contributed by atoms with Gasteiger partial charge in [-0.15, -0.1) is 0 Å². The molecule has 0 aromatic rings. The zero-order valence-corrected chi connectivity index (χ0v) is 10.6. The lowest BCUT2D eigenvalue weighted by molar-refractivity contribution is -0.119. The van der Waals surface area contributed by atoms with E-state index in [1.165, 1.54) is 25.7 Å². The van der Waals surface area contributed by atoms with Crippen LogP contribution in [-0.4, -0.2) is 24.7 Å². The second kappa shape index (κ2) is 9.60. The number of hydrogen-bond acceptors (Lipinski definition) is 3. The maximum atomic E-state index is 10.7. The molecule has 0 radical (unpaired) electrons. The number of nitrogens with two attached hydrogens (primary N) is 2. The Balaban J connectivity index is 3.36. The highest BCUT2D eigenvalue weighted by atomic mass is 16.5. The molecule has 1 amide bonds. The van der Waals surface area contributed by atoms with E-state index in [1.807, 2.05) is 0 Å². The van der Waals surface area contributed by atoms with Crippen molar-refractivity contribution in [1.82, 2.24) is 0 Å². The number of hydrogen-bond donors (Lipinski definition) is 2. The summed E-state index contributed by atoms with van der Waals surface area (Å²) in [5.74, 6) is -0.459. The first-order valence-corrected chi connectivity index (χ1v) is 6.24. The SMILES string of the molecule is CCCCCCC(C)OCCC(N)C(N)=O. The van der Waals surface area contributed by atoms with E-state index < -0.39 is 11.9 Å². The summed E-state index contributed by atoms with van der Waals surface area (Å²) in [6.45, 7) is 4.77. The van der Waals surface area contributed by atoms with Crippen molar-refractivity contribution in [3.05, 3.63) is 0 Å². The molecule has 4 heteroatoms. The Hall–Kier alpha value is -0.610. The summed E-state index contributed by atoms with van der Waals surface area (Å²) < 4.78 is 5.56. The predicted octanol–water partition coefficient (Wildman–Crippen LogP) is 1.56. The highest BCUT2D eigenvalue weighted by Crippen LogP contribution is 2.08. The lowest BCUT2D eigenvalue weighted by Gasteiger charge is -2.14. The fraction of sp³-hybridized carbons (Fsp3) is 0.917. The first-order valence-electron chi connectivity index (χ1n) is 6.24. The van der Waals surface area contributed by atoms with Gasteiger partial charge in [-0.1, -0.05) is 32.6 Å². The smallest absolute Gasteiger partial charge is 0.234 e. The van der Waals surface area contributed by atoms with Crippen LogP contribution in [-0.2, 0) is 9.53 Å². The third kappa shape index (κ3) is 8.68. The van der Waals surface area contributed by atoms with Gasteiger partial charge in [-0.05, 0) is 19.8 Å². The van der Waals surface area contributed by atoms with Gasteiger partial charge in [0.25, 0.3) is 0 Å². The zero-order valence-electron chi connectivity index (χ0n) is 10.6. The van der Waals surface area contributed by atoms with Crippen LogP contribution in [0.25, 0.3) is 0 Å². The second-order valence-electron chi connectivity index (χ2n) is 4.33. The van der Waals surface area contributed by atoms with Crippen LogP contribution in [0.15, 0.2) is 0 Å². The summed E-state index contributed by atoms with van der Waals surface area (Å²) >= 11 is 0. The third-order valence-corrected chi connectivity index (χ3v) is 2.66. The molecule has 16 heavy (non-hydrogen) atoms. The Bertz CT molecular complexity index is 186. The highest BCUT2D eigenvalue weighted by Gasteiger charge is 2.09. The molecule has 96 valence electrons. The molecule has 2 atom stereocenters. The van der Waals surface area contributed by atoms with Crippen LogP contribution in [0.5, 0.6) is 0 Å². The maximum absolute atomic E-state index is 10.7. The summed E-state index contributed by atoms with van der Waals surface area (Å²) in [4.78, 5) is 10.7. The Morgan fingerprint density at radius 1 is 1.25 bits per heavy atom. The molecular formula is C12H26N2O2. The molecule has 0 aliphatic rings. The van der Waals surface area contributed by atoms with Crippen molar-refractivity contribution < 1.29 is 9.53 Å². The molecule has 0 heterocycles. The molecule has 4 N–H and O–H groups in total. The van der Waals surface area contributed by atoms with Gasteiger partial charge in [0.2, 0.25) is 5.91 Å². The van der Waals surface area contributed by atoms with Crippen LogP contribution >= 0.6 is 0 Å². The van der Waals surface area contributed by atoms with E-state index in [1.54, 1.807) is 0 Å². The van der Waals surface area contributed by atoms with Crippen molar-refractivity contribution in [3.63, 3.8) is 0 Å². The van der Waals surface area contributed by atoms with E-state index in [0.717, 1.165) is 6.42 Å². The molecule has 2 unspecified atom stereocenters. The van der Waals surface area contributed by atoms with E-state index >= 15 is 0 Å². The quantitative estimate of drug-likeness (QED) is 0.559. The molecule has 0 aromatic heterocycles. The summed E-state index contributed by atoms with van der Waals surface area (Å²) in [5.41, 5.74) is 10.5.